The van der Waals surface area contributed by atoms with Crippen LogP contribution in [0.1, 0.15) is 13.3 Å². The number of hydrogen-bond acceptors (Lipinski definition) is 2. The molecule has 0 aliphatic heterocycles. The van der Waals surface area contributed by atoms with Crippen molar-refractivity contribution in [3.8, 4) is 0 Å². The van der Waals surface area contributed by atoms with E-state index in [-0.39, 0.29) is 0 Å². The van der Waals surface area contributed by atoms with Crippen molar-refractivity contribution in [1.82, 2.24) is 0 Å². The average molecular weight is 239 g/mol. The van der Waals surface area contributed by atoms with Crippen molar-refractivity contribution in [1.29, 1.82) is 0 Å². The first kappa shape index (κ1) is 13.8. The van der Waals surface area contributed by atoms with Gasteiger partial charge in [-0.15, -0.1) is 0 Å². The van der Waals surface area contributed by atoms with E-state index >= 15 is 0 Å². The van der Waals surface area contributed by atoms with Crippen LogP contribution >= 0.6 is 0 Å². The summed E-state index contributed by atoms with van der Waals surface area (Å²) in [6.45, 7) is 0.578. The SMILES string of the molecule is CCC(F)(F)C(F)(F)C(F)(F)OC(N)=O. The molecule has 0 spiro atoms. The molecule has 0 heterocycles. The number of amides is 1. The highest BCUT2D eigenvalue weighted by Crippen LogP contribution is 2.47. The summed E-state index contributed by atoms with van der Waals surface area (Å²) in [5.41, 5.74) is 4.04. The van der Waals surface area contributed by atoms with Crippen molar-refractivity contribution in [3.63, 3.8) is 0 Å². The average Bonchev–Trinajstić information content (AvgIpc) is 2.01. The Kier molecular flexibility index (Phi) is 3.49. The number of nitrogens with two attached hydrogens (primary N) is 1. The first-order chi connectivity index (χ1) is 6.48. The first-order valence-electron chi connectivity index (χ1n) is 3.60. The fourth-order valence-electron chi connectivity index (χ4n) is 0.625. The monoisotopic (exact) mass is 239 g/mol. The van der Waals surface area contributed by atoms with Gasteiger partial charge in [0.25, 0.3) is 0 Å². The Labute approximate surface area is 80.2 Å². The molecule has 1 amide bonds. The van der Waals surface area contributed by atoms with Crippen LogP contribution in [0.5, 0.6) is 0 Å². The molecule has 0 fully saturated rings. The molecule has 0 rings (SSSR count). The molecule has 0 atom stereocenters. The number of hydrogen-bond donors (Lipinski definition) is 1. The zero-order chi connectivity index (χ0) is 12.5. The van der Waals surface area contributed by atoms with E-state index in [9.17, 15) is 31.1 Å². The second kappa shape index (κ2) is 3.78. The summed E-state index contributed by atoms with van der Waals surface area (Å²) in [6, 6.07) is 0. The standard InChI is InChI=1S/C6H7F6NO2/c1-2-4(7,8)5(9,10)6(11,12)15-3(13)14/h2H2,1H3,(H2,13,14). The molecule has 0 aromatic rings. The van der Waals surface area contributed by atoms with Gasteiger partial charge in [0.05, 0.1) is 0 Å². The molecule has 0 aliphatic rings. The molecular weight excluding hydrogens is 232 g/mol. The van der Waals surface area contributed by atoms with Crippen LogP contribution in [0.15, 0.2) is 0 Å². The molecule has 90 valence electrons. The summed E-state index contributed by atoms with van der Waals surface area (Å²) in [4.78, 5) is 9.82. The lowest BCUT2D eigenvalue weighted by molar-refractivity contribution is -0.379. The van der Waals surface area contributed by atoms with Crippen LogP contribution in [0.25, 0.3) is 0 Å². The molecule has 0 aromatic carbocycles. The van der Waals surface area contributed by atoms with Crippen molar-refractivity contribution in [2.45, 2.75) is 31.3 Å². The largest absolute Gasteiger partial charge is 0.474 e. The van der Waals surface area contributed by atoms with Gasteiger partial charge in [-0.3, -0.25) is 0 Å². The Morgan fingerprint density at radius 1 is 1.20 bits per heavy atom. The molecule has 0 saturated heterocycles. The summed E-state index contributed by atoms with van der Waals surface area (Å²) in [7, 11) is 0. The Morgan fingerprint density at radius 3 is 1.87 bits per heavy atom. The number of ether oxygens (including phenoxy) is 1. The van der Waals surface area contributed by atoms with E-state index in [0.717, 1.165) is 0 Å². The van der Waals surface area contributed by atoms with E-state index < -0.39 is 30.5 Å². The molecule has 0 bridgehead atoms. The predicted molar refractivity (Wildman–Crippen MR) is 35.8 cm³/mol. The number of alkyl halides is 6. The van der Waals surface area contributed by atoms with Gasteiger partial charge in [-0.25, -0.2) is 4.79 Å². The Hall–Kier alpha value is -1.15. The molecule has 0 unspecified atom stereocenters. The fraction of sp³-hybridized carbons (Fsp3) is 0.833. The third-order valence-electron chi connectivity index (χ3n) is 1.50. The smallest absolute Gasteiger partial charge is 0.379 e. The highest BCUT2D eigenvalue weighted by atomic mass is 19.3. The Balaban J connectivity index is 5.08. The van der Waals surface area contributed by atoms with Crippen molar-refractivity contribution in [2.75, 3.05) is 0 Å². The van der Waals surface area contributed by atoms with Gasteiger partial charge in [-0.05, 0) is 0 Å². The summed E-state index contributed by atoms with van der Waals surface area (Å²) >= 11 is 0. The van der Waals surface area contributed by atoms with Gasteiger partial charge in [0.1, 0.15) is 0 Å². The minimum atomic E-state index is -5.82. The maximum absolute atomic E-state index is 12.5. The van der Waals surface area contributed by atoms with E-state index in [1.54, 1.807) is 0 Å². The Bertz CT molecular complexity index is 254. The summed E-state index contributed by atoms with van der Waals surface area (Å²) < 4.78 is 77.3. The van der Waals surface area contributed by atoms with Gasteiger partial charge < -0.3 is 10.5 Å². The Morgan fingerprint density at radius 2 is 1.60 bits per heavy atom. The second-order valence-electron chi connectivity index (χ2n) is 2.57. The third kappa shape index (κ3) is 2.45. The van der Waals surface area contributed by atoms with Crippen molar-refractivity contribution in [3.05, 3.63) is 0 Å². The van der Waals surface area contributed by atoms with Crippen LogP contribution < -0.4 is 5.73 Å². The maximum Gasteiger partial charge on any atom is 0.474 e. The van der Waals surface area contributed by atoms with Crippen LogP contribution in [-0.4, -0.2) is 24.0 Å². The van der Waals surface area contributed by atoms with Crippen LogP contribution in [0, 0.1) is 0 Å². The maximum atomic E-state index is 12.5. The number of rotatable bonds is 4. The summed E-state index contributed by atoms with van der Waals surface area (Å²) in [5.74, 6) is -10.8. The summed E-state index contributed by atoms with van der Waals surface area (Å²) in [6.07, 6.45) is -9.47. The van der Waals surface area contributed by atoms with E-state index in [0.29, 0.717) is 6.92 Å². The number of primary amides is 1. The lowest BCUT2D eigenvalue weighted by Crippen LogP contribution is -2.56. The molecular formula is C6H7F6NO2. The van der Waals surface area contributed by atoms with Gasteiger partial charge in [0.15, 0.2) is 0 Å². The van der Waals surface area contributed by atoms with Gasteiger partial charge in [-0.2, -0.15) is 26.3 Å². The molecule has 0 saturated carbocycles. The molecule has 0 aliphatic carbocycles. The third-order valence-corrected chi connectivity index (χ3v) is 1.50. The number of halogens is 6. The highest BCUT2D eigenvalue weighted by molar-refractivity contribution is 5.65. The van der Waals surface area contributed by atoms with E-state index in [1.807, 2.05) is 0 Å². The zero-order valence-electron chi connectivity index (χ0n) is 7.37. The van der Waals surface area contributed by atoms with E-state index in [2.05, 4.69) is 10.5 Å². The van der Waals surface area contributed by atoms with Crippen molar-refractivity contribution in [2.24, 2.45) is 5.73 Å². The van der Waals surface area contributed by atoms with Gasteiger partial charge >= 0.3 is 24.0 Å². The second-order valence-corrected chi connectivity index (χ2v) is 2.57. The van der Waals surface area contributed by atoms with Crippen LogP contribution in [0.3, 0.4) is 0 Å². The van der Waals surface area contributed by atoms with E-state index in [1.165, 1.54) is 0 Å². The van der Waals surface area contributed by atoms with Crippen LogP contribution in [0.4, 0.5) is 31.1 Å². The molecule has 15 heavy (non-hydrogen) atoms. The minimum Gasteiger partial charge on any atom is -0.379 e. The van der Waals surface area contributed by atoms with Crippen molar-refractivity contribution < 1.29 is 35.9 Å². The zero-order valence-corrected chi connectivity index (χ0v) is 7.37. The first-order valence-corrected chi connectivity index (χ1v) is 3.60. The summed E-state index contributed by atoms with van der Waals surface area (Å²) in [5, 5.41) is 0. The van der Waals surface area contributed by atoms with E-state index in [4.69, 9.17) is 0 Å². The fourth-order valence-corrected chi connectivity index (χ4v) is 0.625. The minimum absolute atomic E-state index is 0.578. The lowest BCUT2D eigenvalue weighted by atomic mass is 10.1. The quantitative estimate of drug-likeness (QED) is 0.765. The molecule has 2 N–H and O–H groups in total. The lowest BCUT2D eigenvalue weighted by Gasteiger charge is -2.30. The molecule has 0 radical (unpaired) electrons. The molecule has 0 aromatic heterocycles. The van der Waals surface area contributed by atoms with Gasteiger partial charge in [-0.1, -0.05) is 6.92 Å². The predicted octanol–water partition coefficient (Wildman–Crippen LogP) is 2.36. The molecule has 3 nitrogen and oxygen atoms in total. The topological polar surface area (TPSA) is 52.3 Å². The van der Waals surface area contributed by atoms with Gasteiger partial charge in [0, 0.05) is 6.42 Å². The number of carbonyl (C=O) groups is 1. The van der Waals surface area contributed by atoms with Crippen LogP contribution in [-0.2, 0) is 4.74 Å². The highest BCUT2D eigenvalue weighted by Gasteiger charge is 2.73. The number of carbonyl (C=O) groups excluding carboxylic acids is 1. The molecule has 9 heteroatoms. The van der Waals surface area contributed by atoms with Crippen LogP contribution in [0.2, 0.25) is 0 Å². The normalized spacial score (nSPS) is 13.8. The van der Waals surface area contributed by atoms with Gasteiger partial charge in [0.2, 0.25) is 0 Å². The van der Waals surface area contributed by atoms with Crippen molar-refractivity contribution >= 4 is 6.09 Å².